The van der Waals surface area contributed by atoms with E-state index in [9.17, 15) is 15.0 Å². The summed E-state index contributed by atoms with van der Waals surface area (Å²) in [6.07, 6.45) is 3.13. The Hall–Kier alpha value is -2.75. The van der Waals surface area contributed by atoms with Crippen LogP contribution < -0.4 is 4.74 Å². The van der Waals surface area contributed by atoms with Crippen molar-refractivity contribution in [3.63, 3.8) is 0 Å². The van der Waals surface area contributed by atoms with Gasteiger partial charge in [-0.25, -0.2) is 4.79 Å². The SMILES string of the molecule is C=CCc1c(OC)cc(CCc2ccccc2)c(C(=O)O)c1O. The molecule has 0 aromatic heterocycles. The van der Waals surface area contributed by atoms with E-state index in [0.717, 1.165) is 5.56 Å². The van der Waals surface area contributed by atoms with E-state index in [0.29, 0.717) is 36.1 Å². The Morgan fingerprint density at radius 2 is 1.96 bits per heavy atom. The number of phenols is 1. The van der Waals surface area contributed by atoms with Gasteiger partial charge in [-0.3, -0.25) is 0 Å². The molecule has 2 N–H and O–H groups in total. The lowest BCUT2D eigenvalue weighted by molar-refractivity contribution is 0.0692. The van der Waals surface area contributed by atoms with Crippen molar-refractivity contribution in [1.29, 1.82) is 0 Å². The summed E-state index contributed by atoms with van der Waals surface area (Å²) in [6, 6.07) is 11.5. The fourth-order valence-corrected chi connectivity index (χ4v) is 2.62. The molecule has 2 aromatic carbocycles. The number of allylic oxidation sites excluding steroid dienone is 1. The highest BCUT2D eigenvalue weighted by Crippen LogP contribution is 2.35. The standard InChI is InChI=1S/C19H20O4/c1-3-7-15-16(23-2)12-14(17(18(15)20)19(21)22)11-10-13-8-5-4-6-9-13/h3-6,8-9,12,20H,1,7,10-11H2,2H3,(H,21,22). The molecule has 4 nitrogen and oxygen atoms in total. The van der Waals surface area contributed by atoms with Crippen LogP contribution in [0.1, 0.15) is 27.0 Å². The van der Waals surface area contributed by atoms with Crippen LogP contribution >= 0.6 is 0 Å². The molecule has 0 heterocycles. The van der Waals surface area contributed by atoms with E-state index < -0.39 is 5.97 Å². The molecule has 0 aliphatic heterocycles. The van der Waals surface area contributed by atoms with Gasteiger partial charge in [-0.2, -0.15) is 0 Å². The molecular weight excluding hydrogens is 292 g/mol. The van der Waals surface area contributed by atoms with Gasteiger partial charge in [0.15, 0.2) is 0 Å². The summed E-state index contributed by atoms with van der Waals surface area (Å²) in [4.78, 5) is 11.6. The maximum absolute atomic E-state index is 11.6. The van der Waals surface area contributed by atoms with Crippen LogP contribution in [0.2, 0.25) is 0 Å². The van der Waals surface area contributed by atoms with E-state index in [1.807, 2.05) is 30.3 Å². The molecule has 0 fully saturated rings. The first-order valence-electron chi connectivity index (χ1n) is 7.38. The summed E-state index contributed by atoms with van der Waals surface area (Å²) < 4.78 is 5.31. The van der Waals surface area contributed by atoms with E-state index >= 15 is 0 Å². The molecule has 120 valence electrons. The average Bonchev–Trinajstić information content (AvgIpc) is 2.55. The van der Waals surface area contributed by atoms with E-state index in [1.165, 1.54) is 7.11 Å². The first-order valence-corrected chi connectivity index (χ1v) is 7.38. The zero-order valence-corrected chi connectivity index (χ0v) is 13.1. The lowest BCUT2D eigenvalue weighted by Crippen LogP contribution is -2.07. The number of methoxy groups -OCH3 is 1. The zero-order chi connectivity index (χ0) is 16.8. The first kappa shape index (κ1) is 16.6. The number of rotatable bonds is 7. The van der Waals surface area contributed by atoms with Crippen molar-refractivity contribution in [2.45, 2.75) is 19.3 Å². The van der Waals surface area contributed by atoms with Crippen LogP contribution in [0, 0.1) is 0 Å². The fraction of sp³-hybridized carbons (Fsp3) is 0.211. The summed E-state index contributed by atoms with van der Waals surface area (Å²) in [5, 5.41) is 19.8. The van der Waals surface area contributed by atoms with E-state index in [4.69, 9.17) is 4.74 Å². The second-order valence-electron chi connectivity index (χ2n) is 5.22. The van der Waals surface area contributed by atoms with Crippen molar-refractivity contribution in [1.82, 2.24) is 0 Å². The lowest BCUT2D eigenvalue weighted by Gasteiger charge is -2.15. The molecule has 0 saturated heterocycles. The first-order chi connectivity index (χ1) is 11.1. The van der Waals surface area contributed by atoms with E-state index in [1.54, 1.807) is 12.1 Å². The molecule has 2 rings (SSSR count). The maximum atomic E-state index is 11.6. The number of ether oxygens (including phenoxy) is 1. The summed E-state index contributed by atoms with van der Waals surface area (Å²) in [5.41, 5.74) is 2.06. The van der Waals surface area contributed by atoms with Gasteiger partial charge < -0.3 is 14.9 Å². The largest absolute Gasteiger partial charge is 0.507 e. The molecule has 0 aliphatic rings. The Morgan fingerprint density at radius 1 is 1.26 bits per heavy atom. The highest BCUT2D eigenvalue weighted by molar-refractivity contribution is 5.93. The summed E-state index contributed by atoms with van der Waals surface area (Å²) >= 11 is 0. The number of aryl methyl sites for hydroxylation is 2. The van der Waals surface area contributed by atoms with Crippen LogP contribution in [0.15, 0.2) is 49.1 Å². The van der Waals surface area contributed by atoms with Crippen molar-refractivity contribution >= 4 is 5.97 Å². The summed E-state index contributed by atoms with van der Waals surface area (Å²) in [5.74, 6) is -0.895. The Kier molecular flexibility index (Phi) is 5.41. The highest BCUT2D eigenvalue weighted by Gasteiger charge is 2.22. The van der Waals surface area contributed by atoms with Crippen LogP contribution in [-0.2, 0) is 19.3 Å². The fourth-order valence-electron chi connectivity index (χ4n) is 2.62. The highest BCUT2D eigenvalue weighted by atomic mass is 16.5. The Morgan fingerprint density at radius 3 is 2.52 bits per heavy atom. The number of carbonyl (C=O) groups is 1. The number of benzene rings is 2. The predicted molar refractivity (Wildman–Crippen MR) is 89.4 cm³/mol. The minimum Gasteiger partial charge on any atom is -0.507 e. The molecule has 0 aliphatic carbocycles. The van der Waals surface area contributed by atoms with Crippen LogP contribution in [0.3, 0.4) is 0 Å². The number of aromatic carboxylic acids is 1. The molecule has 0 atom stereocenters. The van der Waals surface area contributed by atoms with Crippen molar-refractivity contribution in [2.24, 2.45) is 0 Å². The van der Waals surface area contributed by atoms with Crippen molar-refractivity contribution < 1.29 is 19.7 Å². The van der Waals surface area contributed by atoms with Crippen LogP contribution in [0.25, 0.3) is 0 Å². The van der Waals surface area contributed by atoms with E-state index in [2.05, 4.69) is 6.58 Å². The quantitative estimate of drug-likeness (QED) is 0.766. The minimum atomic E-state index is -1.14. The number of hydrogen-bond acceptors (Lipinski definition) is 3. The van der Waals surface area contributed by atoms with Gasteiger partial charge >= 0.3 is 5.97 Å². The van der Waals surface area contributed by atoms with Crippen LogP contribution in [0.5, 0.6) is 11.5 Å². The Balaban J connectivity index is 2.42. The smallest absolute Gasteiger partial charge is 0.339 e. The topological polar surface area (TPSA) is 66.8 Å². The predicted octanol–water partition coefficient (Wildman–Crippen LogP) is 3.61. The number of carboxylic acids is 1. The van der Waals surface area contributed by atoms with Gasteiger partial charge in [-0.1, -0.05) is 36.4 Å². The molecule has 23 heavy (non-hydrogen) atoms. The molecule has 2 aromatic rings. The van der Waals surface area contributed by atoms with Gasteiger partial charge in [0.25, 0.3) is 0 Å². The summed E-state index contributed by atoms with van der Waals surface area (Å²) in [6.45, 7) is 3.63. The maximum Gasteiger partial charge on any atom is 0.339 e. The minimum absolute atomic E-state index is 0.0569. The zero-order valence-electron chi connectivity index (χ0n) is 13.1. The van der Waals surface area contributed by atoms with Crippen LogP contribution in [0.4, 0.5) is 0 Å². The van der Waals surface area contributed by atoms with Crippen molar-refractivity contribution in [3.8, 4) is 11.5 Å². The second kappa shape index (κ2) is 7.49. The number of carboxylic acid groups (broad SMARTS) is 1. The molecule has 0 bridgehead atoms. The molecule has 0 amide bonds. The normalized spacial score (nSPS) is 10.3. The molecule has 0 spiro atoms. The Bertz CT molecular complexity index is 705. The van der Waals surface area contributed by atoms with Gasteiger partial charge in [0.05, 0.1) is 7.11 Å². The van der Waals surface area contributed by atoms with Crippen molar-refractivity contribution in [3.05, 3.63) is 71.3 Å². The molecule has 0 saturated carbocycles. The van der Waals surface area contributed by atoms with Crippen molar-refractivity contribution in [2.75, 3.05) is 7.11 Å². The van der Waals surface area contributed by atoms with Gasteiger partial charge in [0.2, 0.25) is 0 Å². The molecule has 0 radical (unpaired) electrons. The molecular formula is C19H20O4. The average molecular weight is 312 g/mol. The third-order valence-electron chi connectivity index (χ3n) is 3.75. The van der Waals surface area contributed by atoms with Crippen LogP contribution in [-0.4, -0.2) is 23.3 Å². The number of hydrogen-bond donors (Lipinski definition) is 2. The Labute approximate surface area is 135 Å². The molecule has 0 unspecified atom stereocenters. The van der Waals surface area contributed by atoms with Gasteiger partial charge in [-0.05, 0) is 36.5 Å². The monoisotopic (exact) mass is 312 g/mol. The molecule has 4 heteroatoms. The second-order valence-corrected chi connectivity index (χ2v) is 5.22. The van der Waals surface area contributed by atoms with E-state index in [-0.39, 0.29) is 11.3 Å². The lowest BCUT2D eigenvalue weighted by atomic mass is 9.94. The number of aromatic hydroxyl groups is 1. The van der Waals surface area contributed by atoms with Gasteiger partial charge in [0.1, 0.15) is 17.1 Å². The third kappa shape index (κ3) is 3.72. The third-order valence-corrected chi connectivity index (χ3v) is 3.75. The van der Waals surface area contributed by atoms with Gasteiger partial charge in [-0.15, -0.1) is 6.58 Å². The summed E-state index contributed by atoms with van der Waals surface area (Å²) in [7, 11) is 1.50. The van der Waals surface area contributed by atoms with Gasteiger partial charge in [0, 0.05) is 5.56 Å².